The SMILES string of the molecule is [2H]C([2H])([2H])N1CCC[C@@]1(C)/C=C/S(=O)(=NC#N)NC(=O)Nc1c2c(cc3c1CCC3)CCC2. The van der Waals surface area contributed by atoms with Crippen molar-refractivity contribution in [2.24, 2.45) is 4.36 Å². The highest BCUT2D eigenvalue weighted by Gasteiger charge is 2.32. The van der Waals surface area contributed by atoms with E-state index in [0.717, 1.165) is 55.3 Å². The van der Waals surface area contributed by atoms with Crippen molar-refractivity contribution in [1.29, 1.82) is 5.26 Å². The third-order valence-electron chi connectivity index (χ3n) is 6.42. The molecule has 0 saturated carbocycles. The van der Waals surface area contributed by atoms with E-state index in [1.54, 1.807) is 6.92 Å². The fourth-order valence-corrected chi connectivity index (χ4v) is 5.87. The van der Waals surface area contributed by atoms with Crippen LogP contribution in [-0.2, 0) is 35.6 Å². The summed E-state index contributed by atoms with van der Waals surface area (Å²) in [5, 5.41) is 13.2. The van der Waals surface area contributed by atoms with Crippen molar-refractivity contribution < 1.29 is 13.1 Å². The third-order valence-corrected chi connectivity index (χ3v) is 7.76. The molecule has 0 spiro atoms. The molecule has 1 saturated heterocycles. The molecule has 1 aromatic carbocycles. The number of urea groups is 1. The average molecular weight is 431 g/mol. The lowest BCUT2D eigenvalue weighted by Crippen LogP contribution is -2.37. The van der Waals surface area contributed by atoms with Gasteiger partial charge in [0.25, 0.3) is 0 Å². The number of anilines is 1. The Morgan fingerprint density at radius 1 is 1.30 bits per heavy atom. The van der Waals surface area contributed by atoms with Crippen molar-refractivity contribution in [3.8, 4) is 6.19 Å². The first-order valence-corrected chi connectivity index (χ1v) is 12.0. The molecule has 1 unspecified atom stereocenters. The van der Waals surface area contributed by atoms with Crippen LogP contribution in [0.5, 0.6) is 0 Å². The molecule has 1 fully saturated rings. The van der Waals surface area contributed by atoms with Gasteiger partial charge >= 0.3 is 6.03 Å². The minimum absolute atomic E-state index is 0.381. The summed E-state index contributed by atoms with van der Waals surface area (Å²) in [5.41, 5.74) is 4.71. The summed E-state index contributed by atoms with van der Waals surface area (Å²) in [5.74, 6) is 0. The van der Waals surface area contributed by atoms with E-state index in [-0.39, 0.29) is 0 Å². The first kappa shape index (κ1) is 17.3. The number of carbonyl (C=O) groups excluding carboxylic acids is 1. The zero-order valence-corrected chi connectivity index (χ0v) is 18.0. The number of likely N-dealkylation sites (N-methyl/N-ethyl adjacent to an activating group) is 1. The predicted octanol–water partition coefficient (Wildman–Crippen LogP) is 3.65. The fraction of sp³-hybridized carbons (Fsp3) is 0.545. The van der Waals surface area contributed by atoms with Gasteiger partial charge in [-0.3, -0.25) is 4.90 Å². The van der Waals surface area contributed by atoms with Gasteiger partial charge in [-0.05, 0) is 94.1 Å². The van der Waals surface area contributed by atoms with Gasteiger partial charge in [0, 0.05) is 20.7 Å². The van der Waals surface area contributed by atoms with Gasteiger partial charge in [0.05, 0.1) is 0 Å². The largest absolute Gasteiger partial charge is 0.331 e. The number of rotatable bonds is 4. The van der Waals surface area contributed by atoms with Gasteiger partial charge in [0.1, 0.15) is 0 Å². The van der Waals surface area contributed by atoms with Crippen molar-refractivity contribution in [2.75, 3.05) is 18.8 Å². The van der Waals surface area contributed by atoms with E-state index < -0.39 is 28.5 Å². The fourth-order valence-electron chi connectivity index (χ4n) is 4.78. The van der Waals surface area contributed by atoms with Crippen LogP contribution in [0.3, 0.4) is 0 Å². The number of hydrogen-bond donors (Lipinski definition) is 2. The van der Waals surface area contributed by atoms with Crippen molar-refractivity contribution in [1.82, 2.24) is 9.62 Å². The summed E-state index contributed by atoms with van der Waals surface area (Å²) in [6.07, 6.45) is 10.1. The first-order chi connectivity index (χ1) is 15.5. The third kappa shape index (κ3) is 3.96. The predicted molar refractivity (Wildman–Crippen MR) is 118 cm³/mol. The van der Waals surface area contributed by atoms with Gasteiger partial charge in [0.15, 0.2) is 9.92 Å². The van der Waals surface area contributed by atoms with Crippen LogP contribution < -0.4 is 10.0 Å². The molecule has 7 nitrogen and oxygen atoms in total. The molecule has 0 radical (unpaired) electrons. The van der Waals surface area contributed by atoms with E-state index in [1.807, 2.05) is 0 Å². The Morgan fingerprint density at radius 2 is 2.00 bits per heavy atom. The molecular weight excluding hydrogens is 398 g/mol. The molecular formula is C22H29N5O2S. The second kappa shape index (κ2) is 8.05. The lowest BCUT2D eigenvalue weighted by atomic mass is 9.99. The summed E-state index contributed by atoms with van der Waals surface area (Å²) < 4.78 is 42.4. The number of amides is 2. The quantitative estimate of drug-likeness (QED) is 0.713. The van der Waals surface area contributed by atoms with Gasteiger partial charge in [-0.1, -0.05) is 16.5 Å². The van der Waals surface area contributed by atoms with Crippen molar-refractivity contribution >= 4 is 21.6 Å². The molecule has 0 aromatic heterocycles. The van der Waals surface area contributed by atoms with E-state index in [1.165, 1.54) is 33.7 Å². The Kier molecular flexibility index (Phi) is 4.65. The number of carbonyl (C=O) groups is 1. The molecule has 1 aromatic rings. The molecule has 8 heteroatoms. The van der Waals surface area contributed by atoms with Gasteiger partial charge in [-0.2, -0.15) is 5.26 Å². The first-order valence-electron chi connectivity index (χ1n) is 11.9. The standard InChI is InChI=1S/C22H29N5O2S/c1-22(10-5-12-27(22)2)11-13-30(29,24-15-23)26-21(28)25-20-18-8-3-6-16(18)14-17-7-4-9-19(17)20/h11,13-14H,3-10,12H2,1-2H3,(H2,24,25,26,28,29)/b13-11+/t22-,30?/m0/s1/i2D3. The Balaban J connectivity index is 1.57. The molecule has 1 heterocycles. The van der Waals surface area contributed by atoms with E-state index in [4.69, 9.17) is 9.37 Å². The maximum absolute atomic E-state index is 13.3. The smallest absolute Gasteiger partial charge is 0.307 e. The van der Waals surface area contributed by atoms with Gasteiger partial charge in [-0.25, -0.2) is 13.7 Å². The Labute approximate surface area is 183 Å². The zero-order chi connectivity index (χ0) is 23.9. The lowest BCUT2D eigenvalue weighted by Gasteiger charge is -2.28. The zero-order valence-electron chi connectivity index (χ0n) is 20.2. The maximum Gasteiger partial charge on any atom is 0.331 e. The number of fused-ring (bicyclic) bond motifs is 2. The Hall–Kier alpha value is -2.37. The van der Waals surface area contributed by atoms with Gasteiger partial charge in [-0.15, -0.1) is 0 Å². The van der Waals surface area contributed by atoms with E-state index in [0.29, 0.717) is 19.4 Å². The highest BCUT2D eigenvalue weighted by atomic mass is 32.2. The number of benzene rings is 1. The number of nitrogens with one attached hydrogen (secondary N) is 2. The second-order valence-corrected chi connectivity index (χ2v) is 10.3. The van der Waals surface area contributed by atoms with Crippen molar-refractivity contribution in [2.45, 2.75) is 63.8 Å². The van der Waals surface area contributed by atoms with Gasteiger partial charge < -0.3 is 5.32 Å². The van der Waals surface area contributed by atoms with Crippen LogP contribution in [-0.4, -0.2) is 34.2 Å². The van der Waals surface area contributed by atoms with Crippen LogP contribution in [0.4, 0.5) is 10.5 Å². The van der Waals surface area contributed by atoms with Crippen LogP contribution in [0.1, 0.15) is 59.0 Å². The minimum Gasteiger partial charge on any atom is -0.307 e. The van der Waals surface area contributed by atoms with Crippen molar-refractivity contribution in [3.63, 3.8) is 0 Å². The Bertz CT molecular complexity index is 1130. The highest BCUT2D eigenvalue weighted by Crippen LogP contribution is 2.38. The average Bonchev–Trinajstić information content (AvgIpc) is 3.45. The second-order valence-electron chi connectivity index (χ2n) is 8.47. The topological polar surface area (TPSA) is 97.6 Å². The number of hydrogen-bond acceptors (Lipinski definition) is 5. The normalized spacial score (nSPS) is 26.7. The van der Waals surface area contributed by atoms with E-state index in [2.05, 4.69) is 20.5 Å². The lowest BCUT2D eigenvalue weighted by molar-refractivity contribution is 0.251. The molecule has 2 amide bonds. The molecule has 160 valence electrons. The Morgan fingerprint density at radius 3 is 2.63 bits per heavy atom. The number of nitrogens with zero attached hydrogens (tertiary/aromatic N) is 3. The number of nitriles is 1. The summed E-state index contributed by atoms with van der Waals surface area (Å²) in [4.78, 5) is 14.3. The van der Waals surface area contributed by atoms with Crippen LogP contribution in [0.25, 0.3) is 0 Å². The van der Waals surface area contributed by atoms with E-state index in [9.17, 15) is 9.00 Å². The molecule has 2 atom stereocenters. The summed E-state index contributed by atoms with van der Waals surface area (Å²) in [6.45, 7) is -0.181. The number of likely N-dealkylation sites (tertiary alicyclic amines) is 1. The summed E-state index contributed by atoms with van der Waals surface area (Å²) >= 11 is 0. The van der Waals surface area contributed by atoms with Crippen LogP contribution in [0, 0.1) is 11.5 Å². The molecule has 4 rings (SSSR count). The van der Waals surface area contributed by atoms with Crippen molar-refractivity contribution in [3.05, 3.63) is 39.8 Å². The molecule has 30 heavy (non-hydrogen) atoms. The van der Waals surface area contributed by atoms with Crippen LogP contribution >= 0.6 is 0 Å². The minimum atomic E-state index is -3.57. The van der Waals surface area contributed by atoms with Crippen LogP contribution in [0.2, 0.25) is 0 Å². The molecule has 3 aliphatic rings. The van der Waals surface area contributed by atoms with Crippen LogP contribution in [0.15, 0.2) is 21.9 Å². The van der Waals surface area contributed by atoms with E-state index >= 15 is 0 Å². The highest BCUT2D eigenvalue weighted by molar-refractivity contribution is 7.95. The monoisotopic (exact) mass is 430 g/mol. The summed E-state index contributed by atoms with van der Waals surface area (Å²) in [6, 6.07) is 1.56. The molecule has 1 aliphatic heterocycles. The summed E-state index contributed by atoms with van der Waals surface area (Å²) in [7, 11) is -3.57. The molecule has 2 aliphatic carbocycles. The van der Waals surface area contributed by atoms with Gasteiger partial charge in [0.2, 0.25) is 6.19 Å². The number of aryl methyl sites for hydroxylation is 2. The molecule has 2 N–H and O–H groups in total. The maximum atomic E-state index is 13.3. The molecule has 0 bridgehead atoms.